The summed E-state index contributed by atoms with van der Waals surface area (Å²) in [6, 6.07) is 14.3. The number of carbonyl (C=O) groups excluding carboxylic acids is 2. The van der Waals surface area contributed by atoms with E-state index in [2.05, 4.69) is 5.32 Å². The molecule has 0 bridgehead atoms. The molecule has 5 heteroatoms. The van der Waals surface area contributed by atoms with Gasteiger partial charge in [-0.25, -0.2) is 0 Å². The standard InChI is InChI=1S/C21H27N3O2/c1-15-10-11-17(20(26)24(4)14-21(2,3)13-22)12-18(15)23-19(25)16-8-6-5-7-9-16/h5-12H,13-14,22H2,1-4H3,(H,23,25). The molecule has 0 unspecified atom stereocenters. The van der Waals surface area contributed by atoms with Gasteiger partial charge < -0.3 is 16.0 Å². The van der Waals surface area contributed by atoms with Crippen molar-refractivity contribution in [3.63, 3.8) is 0 Å². The third-order valence-electron chi connectivity index (χ3n) is 4.33. The molecule has 0 aliphatic carbocycles. The lowest BCUT2D eigenvalue weighted by molar-refractivity contribution is 0.0740. The van der Waals surface area contributed by atoms with E-state index < -0.39 is 0 Å². The van der Waals surface area contributed by atoms with Crippen LogP contribution in [0, 0.1) is 12.3 Å². The predicted octanol–water partition coefficient (Wildman–Crippen LogP) is 3.30. The van der Waals surface area contributed by atoms with Crippen molar-refractivity contribution in [1.82, 2.24) is 4.90 Å². The van der Waals surface area contributed by atoms with Crippen LogP contribution in [0.15, 0.2) is 48.5 Å². The van der Waals surface area contributed by atoms with Crippen LogP contribution in [0.3, 0.4) is 0 Å². The fraction of sp³-hybridized carbons (Fsp3) is 0.333. The number of nitrogens with zero attached hydrogens (tertiary/aromatic N) is 1. The molecule has 0 saturated heterocycles. The lowest BCUT2D eigenvalue weighted by Crippen LogP contribution is -2.39. The van der Waals surface area contributed by atoms with Crippen LogP contribution in [0.2, 0.25) is 0 Å². The Morgan fingerprint density at radius 2 is 1.73 bits per heavy atom. The summed E-state index contributed by atoms with van der Waals surface area (Å²) in [6.07, 6.45) is 0. The van der Waals surface area contributed by atoms with Crippen molar-refractivity contribution >= 4 is 17.5 Å². The van der Waals surface area contributed by atoms with Crippen LogP contribution >= 0.6 is 0 Å². The molecule has 26 heavy (non-hydrogen) atoms. The number of rotatable bonds is 6. The molecule has 3 N–H and O–H groups in total. The number of anilines is 1. The van der Waals surface area contributed by atoms with E-state index in [-0.39, 0.29) is 17.2 Å². The van der Waals surface area contributed by atoms with Gasteiger partial charge in [-0.15, -0.1) is 0 Å². The zero-order valence-corrected chi connectivity index (χ0v) is 15.9. The van der Waals surface area contributed by atoms with Crippen molar-refractivity contribution in [2.45, 2.75) is 20.8 Å². The Kier molecular flexibility index (Phi) is 6.16. The van der Waals surface area contributed by atoms with E-state index >= 15 is 0 Å². The minimum absolute atomic E-state index is 0.0956. The average molecular weight is 353 g/mol. The van der Waals surface area contributed by atoms with Crippen molar-refractivity contribution < 1.29 is 9.59 Å². The highest BCUT2D eigenvalue weighted by molar-refractivity contribution is 6.05. The Labute approximate surface area is 155 Å². The molecule has 5 nitrogen and oxygen atoms in total. The van der Waals surface area contributed by atoms with Crippen molar-refractivity contribution in [2.75, 3.05) is 25.5 Å². The quantitative estimate of drug-likeness (QED) is 0.836. The second-order valence-electron chi connectivity index (χ2n) is 7.38. The molecular formula is C21H27N3O2. The average Bonchev–Trinajstić information content (AvgIpc) is 2.63. The van der Waals surface area contributed by atoms with E-state index in [9.17, 15) is 9.59 Å². The van der Waals surface area contributed by atoms with Gasteiger partial charge >= 0.3 is 0 Å². The highest BCUT2D eigenvalue weighted by Gasteiger charge is 2.22. The van der Waals surface area contributed by atoms with Crippen LogP contribution in [0.5, 0.6) is 0 Å². The van der Waals surface area contributed by atoms with Crippen molar-refractivity contribution in [1.29, 1.82) is 0 Å². The number of carbonyl (C=O) groups is 2. The van der Waals surface area contributed by atoms with Gasteiger partial charge in [0.05, 0.1) is 0 Å². The van der Waals surface area contributed by atoms with E-state index in [1.807, 2.05) is 45.0 Å². The summed E-state index contributed by atoms with van der Waals surface area (Å²) in [7, 11) is 1.77. The maximum absolute atomic E-state index is 12.7. The van der Waals surface area contributed by atoms with Gasteiger partial charge in [-0.3, -0.25) is 9.59 Å². The lowest BCUT2D eigenvalue weighted by atomic mass is 9.93. The highest BCUT2D eigenvalue weighted by atomic mass is 16.2. The molecule has 2 rings (SSSR count). The second-order valence-corrected chi connectivity index (χ2v) is 7.38. The molecule has 2 amide bonds. The number of amides is 2. The zero-order valence-electron chi connectivity index (χ0n) is 15.9. The molecule has 0 atom stereocenters. The molecule has 2 aromatic rings. The van der Waals surface area contributed by atoms with Gasteiger partial charge in [0.25, 0.3) is 11.8 Å². The number of nitrogens with one attached hydrogen (secondary N) is 1. The van der Waals surface area contributed by atoms with E-state index in [0.29, 0.717) is 29.9 Å². The number of hydrogen-bond acceptors (Lipinski definition) is 3. The predicted molar refractivity (Wildman–Crippen MR) is 105 cm³/mol. The Hall–Kier alpha value is -2.66. The molecule has 0 aliphatic heterocycles. The van der Waals surface area contributed by atoms with E-state index in [1.54, 1.807) is 36.2 Å². The first-order valence-electron chi connectivity index (χ1n) is 8.66. The van der Waals surface area contributed by atoms with Crippen molar-refractivity contribution in [3.05, 3.63) is 65.2 Å². The van der Waals surface area contributed by atoms with Crippen LogP contribution in [0.25, 0.3) is 0 Å². The summed E-state index contributed by atoms with van der Waals surface area (Å²) in [6.45, 7) is 7.00. The van der Waals surface area contributed by atoms with E-state index in [0.717, 1.165) is 5.56 Å². The maximum atomic E-state index is 12.7. The Morgan fingerprint density at radius 1 is 1.08 bits per heavy atom. The largest absolute Gasteiger partial charge is 0.341 e. The van der Waals surface area contributed by atoms with Crippen LogP contribution in [0.4, 0.5) is 5.69 Å². The third-order valence-corrected chi connectivity index (χ3v) is 4.33. The van der Waals surface area contributed by atoms with Crippen LogP contribution < -0.4 is 11.1 Å². The lowest BCUT2D eigenvalue weighted by Gasteiger charge is -2.29. The van der Waals surface area contributed by atoms with Gasteiger partial charge in [0.1, 0.15) is 0 Å². The first-order chi connectivity index (χ1) is 12.2. The monoisotopic (exact) mass is 353 g/mol. The fourth-order valence-electron chi connectivity index (χ4n) is 2.67. The van der Waals surface area contributed by atoms with E-state index in [4.69, 9.17) is 5.73 Å². The summed E-state index contributed by atoms with van der Waals surface area (Å²) < 4.78 is 0. The SMILES string of the molecule is Cc1ccc(C(=O)N(C)CC(C)(C)CN)cc1NC(=O)c1ccccc1. The highest BCUT2D eigenvalue weighted by Crippen LogP contribution is 2.21. The van der Waals surface area contributed by atoms with Crippen LogP contribution in [-0.2, 0) is 0 Å². The topological polar surface area (TPSA) is 75.4 Å². The number of aryl methyl sites for hydroxylation is 1. The summed E-state index contributed by atoms with van der Waals surface area (Å²) in [5, 5.41) is 2.89. The number of nitrogens with two attached hydrogens (primary N) is 1. The fourth-order valence-corrected chi connectivity index (χ4v) is 2.67. The van der Waals surface area contributed by atoms with E-state index in [1.165, 1.54) is 0 Å². The Bertz CT molecular complexity index is 785. The molecule has 0 aromatic heterocycles. The van der Waals surface area contributed by atoms with Gasteiger partial charge in [0, 0.05) is 30.4 Å². The first-order valence-corrected chi connectivity index (χ1v) is 8.66. The summed E-state index contributed by atoms with van der Waals surface area (Å²) >= 11 is 0. The molecule has 0 saturated carbocycles. The normalized spacial score (nSPS) is 11.1. The molecule has 138 valence electrons. The molecule has 0 fully saturated rings. The molecule has 0 spiro atoms. The zero-order chi connectivity index (χ0) is 19.3. The minimum atomic E-state index is -0.198. The first kappa shape index (κ1) is 19.7. The molecule has 0 radical (unpaired) electrons. The van der Waals surface area contributed by atoms with Crippen molar-refractivity contribution in [3.8, 4) is 0 Å². The summed E-state index contributed by atoms with van der Waals surface area (Å²) in [5.41, 5.74) is 8.25. The molecule has 0 heterocycles. The number of benzene rings is 2. The second kappa shape index (κ2) is 8.15. The maximum Gasteiger partial charge on any atom is 0.255 e. The van der Waals surface area contributed by atoms with Crippen molar-refractivity contribution in [2.24, 2.45) is 11.1 Å². The Morgan fingerprint density at radius 3 is 2.35 bits per heavy atom. The molecule has 0 aliphatic rings. The van der Waals surface area contributed by atoms with Gasteiger partial charge in [-0.05, 0) is 48.7 Å². The summed E-state index contributed by atoms with van der Waals surface area (Å²) in [4.78, 5) is 26.8. The van der Waals surface area contributed by atoms with Gasteiger partial charge in [0.2, 0.25) is 0 Å². The minimum Gasteiger partial charge on any atom is -0.341 e. The number of hydrogen-bond donors (Lipinski definition) is 2. The summed E-state index contributed by atoms with van der Waals surface area (Å²) in [5.74, 6) is -0.294. The Balaban J connectivity index is 2.18. The third kappa shape index (κ3) is 4.92. The van der Waals surface area contributed by atoms with Crippen LogP contribution in [0.1, 0.15) is 40.1 Å². The van der Waals surface area contributed by atoms with Gasteiger partial charge in [-0.1, -0.05) is 38.1 Å². The van der Waals surface area contributed by atoms with Gasteiger partial charge in [0.15, 0.2) is 0 Å². The molecule has 2 aromatic carbocycles. The van der Waals surface area contributed by atoms with Crippen LogP contribution in [-0.4, -0.2) is 36.9 Å². The smallest absolute Gasteiger partial charge is 0.255 e. The van der Waals surface area contributed by atoms with Gasteiger partial charge in [-0.2, -0.15) is 0 Å². The molecular weight excluding hydrogens is 326 g/mol.